The molecule has 0 saturated heterocycles. The number of aryl methyl sites for hydroxylation is 1. The fraction of sp³-hybridized carbons (Fsp3) is 0.391. The van der Waals surface area contributed by atoms with Crippen LogP contribution in [0, 0.1) is 18.6 Å². The Hall–Kier alpha value is -2.75. The van der Waals surface area contributed by atoms with Crippen LogP contribution in [-0.4, -0.2) is 50.0 Å². The summed E-state index contributed by atoms with van der Waals surface area (Å²) >= 11 is 0. The van der Waals surface area contributed by atoms with Gasteiger partial charge in [0.15, 0.2) is 15.8 Å². The molecule has 1 atom stereocenters. The van der Waals surface area contributed by atoms with Gasteiger partial charge in [-0.3, -0.25) is 14.5 Å². The predicted octanol–water partition coefficient (Wildman–Crippen LogP) is 3.60. The van der Waals surface area contributed by atoms with Crippen LogP contribution in [0.4, 0.5) is 5.69 Å². The molecular weight excluding hydrogens is 428 g/mol. The van der Waals surface area contributed by atoms with Crippen molar-refractivity contribution >= 4 is 39.0 Å². The Morgan fingerprint density at radius 3 is 2.56 bits per heavy atom. The summed E-state index contributed by atoms with van der Waals surface area (Å²) in [6, 6.07) is 4.98. The van der Waals surface area contributed by atoms with E-state index < -0.39 is 10.0 Å². The van der Waals surface area contributed by atoms with Gasteiger partial charge in [0, 0.05) is 29.1 Å². The number of rotatable bonds is 9. The molecule has 2 heterocycles. The van der Waals surface area contributed by atoms with E-state index in [2.05, 4.69) is 15.2 Å². The highest BCUT2D eigenvalue weighted by Crippen LogP contribution is 2.35. The molecule has 1 aromatic heterocycles. The smallest absolute Gasteiger partial charge is 0.256 e. The summed E-state index contributed by atoms with van der Waals surface area (Å²) in [6.45, 7) is 9.98. The first-order chi connectivity index (χ1) is 15.0. The molecule has 0 saturated carbocycles. The van der Waals surface area contributed by atoms with Crippen LogP contribution in [0.25, 0.3) is 11.6 Å². The van der Waals surface area contributed by atoms with Crippen molar-refractivity contribution in [3.63, 3.8) is 0 Å². The van der Waals surface area contributed by atoms with E-state index >= 15 is 0 Å². The van der Waals surface area contributed by atoms with Crippen LogP contribution in [-0.2, 0) is 31.8 Å². The number of likely N-dealkylation sites (N-methyl/N-ethyl adjacent to an activating group) is 1. The molecule has 8 nitrogen and oxygen atoms in total. The number of ketones is 1. The van der Waals surface area contributed by atoms with Crippen LogP contribution >= 0.6 is 0 Å². The lowest BCUT2D eigenvalue weighted by Gasteiger charge is -2.16. The Morgan fingerprint density at radius 2 is 1.94 bits per heavy atom. The van der Waals surface area contributed by atoms with Crippen LogP contribution in [0.5, 0.6) is 0 Å². The summed E-state index contributed by atoms with van der Waals surface area (Å²) in [5, 5.41) is 2.80. The van der Waals surface area contributed by atoms with E-state index in [0.717, 1.165) is 35.6 Å². The van der Waals surface area contributed by atoms with Gasteiger partial charge in [-0.15, -0.1) is 0 Å². The van der Waals surface area contributed by atoms with Gasteiger partial charge in [0.25, 0.3) is 5.91 Å². The second-order valence-corrected chi connectivity index (χ2v) is 9.69. The number of benzene rings is 1. The van der Waals surface area contributed by atoms with E-state index in [0.29, 0.717) is 35.4 Å². The fourth-order valence-electron chi connectivity index (χ4n) is 4.01. The van der Waals surface area contributed by atoms with Crippen LogP contribution in [0.1, 0.15) is 47.5 Å². The van der Waals surface area contributed by atoms with E-state index in [1.165, 1.54) is 0 Å². The van der Waals surface area contributed by atoms with Crippen molar-refractivity contribution in [2.75, 3.05) is 25.0 Å². The Bertz CT molecular complexity index is 1190. The van der Waals surface area contributed by atoms with E-state index in [-0.39, 0.29) is 17.4 Å². The number of Topliss-reactive ketones (excluding diaryl/α,β-unsaturated/α-hetero) is 1. The van der Waals surface area contributed by atoms with Crippen LogP contribution < -0.4 is 5.32 Å². The van der Waals surface area contributed by atoms with Crippen LogP contribution in [0.2, 0.25) is 0 Å². The molecule has 32 heavy (non-hydrogen) atoms. The number of hydrogen-bond acceptors (Lipinski definition) is 5. The molecule has 9 heteroatoms. The van der Waals surface area contributed by atoms with Crippen molar-refractivity contribution in [3.8, 4) is 0 Å². The van der Waals surface area contributed by atoms with Gasteiger partial charge in [-0.2, -0.15) is 0 Å². The Morgan fingerprint density at radius 1 is 1.25 bits per heavy atom. The second kappa shape index (κ2) is 9.40. The topological polar surface area (TPSA) is 126 Å². The largest absolute Gasteiger partial charge is 0.359 e. The third-order valence-corrected chi connectivity index (χ3v) is 6.54. The normalized spacial score (nSPS) is 16.3. The lowest BCUT2D eigenvalue weighted by molar-refractivity contribution is -0.119. The summed E-state index contributed by atoms with van der Waals surface area (Å²) < 4.78 is 28.1. The summed E-state index contributed by atoms with van der Waals surface area (Å²) in [5.41, 5.74) is 5.70. The molecule has 4 N–H and O–H groups in total. The fourth-order valence-corrected chi connectivity index (χ4v) is 4.64. The predicted molar refractivity (Wildman–Crippen MR) is 127 cm³/mol. The minimum Gasteiger partial charge on any atom is -0.359 e. The average molecular weight is 459 g/mol. The number of nitrogens with zero attached hydrogens (tertiary/aromatic N) is 1. The molecule has 1 unspecified atom stereocenters. The van der Waals surface area contributed by atoms with Gasteiger partial charge in [0.2, 0.25) is 0 Å². The number of nitrogens with one attached hydrogen (secondary N) is 3. The van der Waals surface area contributed by atoms with E-state index in [9.17, 15) is 18.4 Å². The molecule has 0 fully saturated rings. The van der Waals surface area contributed by atoms with Crippen molar-refractivity contribution in [3.05, 3.63) is 51.8 Å². The zero-order valence-corrected chi connectivity index (χ0v) is 19.7. The number of aromatic amines is 1. The quantitative estimate of drug-likeness (QED) is 0.427. The Balaban J connectivity index is 1.91. The summed E-state index contributed by atoms with van der Waals surface area (Å²) in [5.74, 6) is -0.422. The third-order valence-electron chi connectivity index (χ3n) is 5.82. The van der Waals surface area contributed by atoms with Crippen molar-refractivity contribution in [1.82, 2.24) is 9.88 Å². The van der Waals surface area contributed by atoms with Gasteiger partial charge in [-0.1, -0.05) is 19.9 Å². The summed E-state index contributed by atoms with van der Waals surface area (Å²) in [4.78, 5) is 30.6. The maximum atomic E-state index is 12.6. The monoisotopic (exact) mass is 458 g/mol. The minimum atomic E-state index is -3.68. The Labute approximate surface area is 188 Å². The maximum Gasteiger partial charge on any atom is 0.256 e. The van der Waals surface area contributed by atoms with Gasteiger partial charge in [-0.25, -0.2) is 8.99 Å². The molecule has 3 rings (SSSR count). The molecule has 1 amide bonds. The first-order valence-electron chi connectivity index (χ1n) is 10.6. The van der Waals surface area contributed by atoms with Crippen molar-refractivity contribution in [1.29, 1.82) is 4.78 Å². The van der Waals surface area contributed by atoms with E-state index in [1.54, 1.807) is 24.3 Å². The highest BCUT2D eigenvalue weighted by atomic mass is 32.2. The molecular formula is C23H30N4O4S. The number of aromatic nitrogens is 1. The molecule has 1 aliphatic heterocycles. The number of amides is 1. The minimum absolute atomic E-state index is 0.148. The van der Waals surface area contributed by atoms with Gasteiger partial charge >= 0.3 is 0 Å². The number of carbonyl (C=O) groups is 2. The number of anilines is 1. The van der Waals surface area contributed by atoms with E-state index in [1.807, 2.05) is 27.7 Å². The van der Waals surface area contributed by atoms with Gasteiger partial charge in [-0.05, 0) is 61.8 Å². The van der Waals surface area contributed by atoms with Crippen molar-refractivity contribution in [2.45, 2.75) is 39.9 Å². The standard InChI is InChI=1S/C23H30N4O4S/c1-5-27(6-2)12-17(28)10-18-14(3)22(25-15(18)4)11-20-19-9-16(13-32(24,30)31)7-8-21(19)26-23(20)29/h7-9,11,25H,5-6,10,12-13H2,1-4H3,(H,26,29)(H2,24,30,31)/b20-11-. The molecule has 1 aliphatic rings. The van der Waals surface area contributed by atoms with Gasteiger partial charge in [0.1, 0.15) is 0 Å². The van der Waals surface area contributed by atoms with Crippen LogP contribution in [0.15, 0.2) is 18.2 Å². The molecule has 0 radical (unpaired) electrons. The zero-order valence-electron chi connectivity index (χ0n) is 18.9. The SMILES string of the molecule is CCN(CC)CC(=O)Cc1c(C)[nH]c(/C=C2\C(=O)Nc3ccc(CS(=N)(=O)O)cc32)c1C. The highest BCUT2D eigenvalue weighted by molar-refractivity contribution is 7.86. The lowest BCUT2D eigenvalue weighted by Crippen LogP contribution is -2.30. The molecule has 0 aliphatic carbocycles. The van der Waals surface area contributed by atoms with Crippen molar-refractivity contribution < 1.29 is 18.4 Å². The second-order valence-electron chi connectivity index (χ2n) is 8.12. The zero-order chi connectivity index (χ0) is 23.6. The van der Waals surface area contributed by atoms with Crippen LogP contribution in [0.3, 0.4) is 0 Å². The van der Waals surface area contributed by atoms with Gasteiger partial charge in [0.05, 0.1) is 17.9 Å². The third kappa shape index (κ3) is 5.35. The number of carbonyl (C=O) groups excluding carboxylic acids is 2. The average Bonchev–Trinajstić information content (AvgIpc) is 3.15. The molecule has 0 bridgehead atoms. The summed E-state index contributed by atoms with van der Waals surface area (Å²) in [6.07, 6.45) is 2.08. The van der Waals surface area contributed by atoms with Gasteiger partial charge < -0.3 is 14.9 Å². The Kier molecular flexibility index (Phi) is 7.02. The number of H-pyrrole nitrogens is 1. The summed E-state index contributed by atoms with van der Waals surface area (Å²) in [7, 11) is -3.68. The van der Waals surface area contributed by atoms with Crippen molar-refractivity contribution in [2.24, 2.45) is 0 Å². The molecule has 0 spiro atoms. The maximum absolute atomic E-state index is 12.6. The first-order valence-corrected chi connectivity index (χ1v) is 12.3. The lowest BCUT2D eigenvalue weighted by atomic mass is 10.0. The first kappa shape index (κ1) is 23.9. The molecule has 1 aromatic carbocycles. The number of hydrogen-bond donors (Lipinski definition) is 4. The number of fused-ring (bicyclic) bond motifs is 1. The highest BCUT2D eigenvalue weighted by Gasteiger charge is 2.26. The molecule has 172 valence electrons. The van der Waals surface area contributed by atoms with E-state index in [4.69, 9.17) is 4.78 Å². The molecule has 2 aromatic rings.